The van der Waals surface area contributed by atoms with E-state index in [1.54, 1.807) is 29.2 Å². The van der Waals surface area contributed by atoms with Crippen molar-refractivity contribution in [3.63, 3.8) is 0 Å². The van der Waals surface area contributed by atoms with Crippen LogP contribution >= 0.6 is 0 Å². The van der Waals surface area contributed by atoms with Crippen molar-refractivity contribution in [1.29, 1.82) is 0 Å². The van der Waals surface area contributed by atoms with E-state index in [9.17, 15) is 39.5 Å². The van der Waals surface area contributed by atoms with E-state index in [0.717, 1.165) is 57.1 Å². The molecule has 0 saturated heterocycles. The summed E-state index contributed by atoms with van der Waals surface area (Å²) in [6.45, 7) is 22.2. The Kier molecular flexibility index (Phi) is 18.0. The number of hydrogen-bond acceptors (Lipinski definition) is 8. The smallest absolute Gasteiger partial charge is 0.161 e. The zero-order valence-electron chi connectivity index (χ0n) is 48.8. The summed E-state index contributed by atoms with van der Waals surface area (Å²) in [5, 5.41) is 0. The van der Waals surface area contributed by atoms with Crippen molar-refractivity contribution in [1.82, 2.24) is 0 Å². The van der Waals surface area contributed by atoms with Crippen molar-refractivity contribution in [3.05, 3.63) is 237 Å². The maximum absolute atomic E-state index is 14.0. The number of halogens is 9. The second-order valence-corrected chi connectivity index (χ2v) is 24.2. The molecule has 12 rings (SSSR count). The zero-order chi connectivity index (χ0) is 61.1. The van der Waals surface area contributed by atoms with Gasteiger partial charge in [0.2, 0.25) is 0 Å². The lowest BCUT2D eigenvalue weighted by Gasteiger charge is -2.32. The van der Waals surface area contributed by atoms with Crippen molar-refractivity contribution in [2.75, 3.05) is 46.5 Å². The van der Waals surface area contributed by atoms with Gasteiger partial charge in [-0.05, 0) is 136 Å². The first kappa shape index (κ1) is 61.1. The Morgan fingerprint density at radius 3 is 1.13 bits per heavy atom. The van der Waals surface area contributed by atoms with Crippen LogP contribution in [0.15, 0.2) is 146 Å². The summed E-state index contributed by atoms with van der Waals surface area (Å²) in [7, 11) is 0. The van der Waals surface area contributed by atoms with Crippen LogP contribution in [0.4, 0.5) is 62.3 Å². The minimum atomic E-state index is -0.933. The van der Waals surface area contributed by atoms with Crippen LogP contribution in [0, 0.1) is 52.4 Å². The quantitative estimate of drug-likeness (QED) is 0.162. The molecule has 0 aliphatic carbocycles. The molecule has 0 unspecified atom stereocenters. The van der Waals surface area contributed by atoms with Gasteiger partial charge in [0, 0.05) is 77.5 Å². The molecule has 0 aromatic heterocycles. The molecule has 85 heavy (non-hydrogen) atoms. The Balaban J connectivity index is 0.000000136. The molecule has 4 heterocycles. The van der Waals surface area contributed by atoms with E-state index in [4.69, 9.17) is 18.9 Å². The monoisotopic (exact) mass is 1170 g/mol. The third-order valence-corrected chi connectivity index (χ3v) is 14.8. The van der Waals surface area contributed by atoms with E-state index in [2.05, 4.69) is 86.6 Å². The van der Waals surface area contributed by atoms with Crippen molar-refractivity contribution in [3.8, 4) is 23.0 Å². The van der Waals surface area contributed by atoms with Gasteiger partial charge in [0.1, 0.15) is 57.8 Å². The molecule has 8 aromatic carbocycles. The van der Waals surface area contributed by atoms with Gasteiger partial charge >= 0.3 is 0 Å². The summed E-state index contributed by atoms with van der Waals surface area (Å²) >= 11 is 0. The molecule has 8 nitrogen and oxygen atoms in total. The summed E-state index contributed by atoms with van der Waals surface area (Å²) in [4.78, 5) is 7.00. The molecule has 4 aliphatic rings. The summed E-state index contributed by atoms with van der Waals surface area (Å²) < 4.78 is 143. The van der Waals surface area contributed by atoms with Crippen molar-refractivity contribution < 1.29 is 58.5 Å². The van der Waals surface area contributed by atoms with Gasteiger partial charge in [0.15, 0.2) is 50.2 Å². The molecule has 8 aromatic rings. The lowest BCUT2D eigenvalue weighted by atomic mass is 9.86. The van der Waals surface area contributed by atoms with Gasteiger partial charge in [-0.3, -0.25) is 0 Å². The molecule has 0 fully saturated rings. The second kappa shape index (κ2) is 25.0. The molecule has 0 saturated carbocycles. The molecule has 17 heteroatoms. The third-order valence-electron chi connectivity index (χ3n) is 14.8. The van der Waals surface area contributed by atoms with Gasteiger partial charge in [-0.25, -0.2) is 39.5 Å². The molecule has 446 valence electrons. The van der Waals surface area contributed by atoms with E-state index in [-0.39, 0.29) is 47.0 Å². The number of ether oxygens (including phenoxy) is 4. The average Bonchev–Trinajstić information content (AvgIpc) is 2.63. The molecule has 0 radical (unpaired) electrons. The van der Waals surface area contributed by atoms with Gasteiger partial charge in [0.25, 0.3) is 0 Å². The summed E-state index contributed by atoms with van der Waals surface area (Å²) in [5.41, 5.74) is 8.88. The Bertz CT molecular complexity index is 3670. The van der Waals surface area contributed by atoms with Gasteiger partial charge in [0.05, 0.1) is 12.2 Å². The first-order valence-corrected chi connectivity index (χ1v) is 27.7. The third kappa shape index (κ3) is 14.9. The summed E-state index contributed by atoms with van der Waals surface area (Å²) in [5.74, 6) is -3.08. The lowest BCUT2D eigenvalue weighted by Crippen LogP contribution is -2.33. The predicted molar refractivity (Wildman–Crippen MR) is 314 cm³/mol. The Labute approximate surface area is 490 Å². The second-order valence-electron chi connectivity index (χ2n) is 24.2. The van der Waals surface area contributed by atoms with Crippen molar-refractivity contribution in [2.24, 2.45) is 0 Å². The van der Waals surface area contributed by atoms with E-state index >= 15 is 0 Å². The maximum atomic E-state index is 14.0. The molecular formula is C68H67F9N4O4. The van der Waals surface area contributed by atoms with Crippen LogP contribution in [0.1, 0.15) is 101 Å². The standard InChI is InChI=1S/C18H18F3NO.2C18H19F2NO.C14H11F2NO/c1-18(2,3)12-4-5-16-11(6-12)9-22(10-23-16)17-14(20)7-13(19)8-15(17)21;1-18(2,3)13-4-7-17-12(8-13)10-21(11-22-17)16-6-5-14(19)9-15(16)20;1-18(2,3)13-4-7-17-12(8-13)10-21(11-22-17)14-5-6-15(19)16(20)9-14;15-11-1-4-13(5-2-11)17-8-10-7-12(16)3-6-14(10)18-9-17/h4-8H,9-10H2,1-3H3;2*4-9H,10-11H2,1-3H3;1-7H,8-9H2. The highest BCUT2D eigenvalue weighted by Crippen LogP contribution is 2.38. The molecular weight excluding hydrogens is 1110 g/mol. The number of rotatable bonds is 4. The van der Waals surface area contributed by atoms with E-state index in [1.807, 2.05) is 40.1 Å². The van der Waals surface area contributed by atoms with E-state index < -0.39 is 40.7 Å². The van der Waals surface area contributed by atoms with Crippen molar-refractivity contribution in [2.45, 2.75) is 105 Å². The van der Waals surface area contributed by atoms with Crippen LogP contribution in [-0.4, -0.2) is 26.9 Å². The topological polar surface area (TPSA) is 49.9 Å². The fraction of sp³-hybridized carbons (Fsp3) is 0.294. The number of nitrogens with zero attached hydrogens (tertiary/aromatic N) is 4. The molecule has 0 amide bonds. The predicted octanol–water partition coefficient (Wildman–Crippen LogP) is 17.3. The van der Waals surface area contributed by atoms with Crippen LogP contribution in [0.25, 0.3) is 0 Å². The van der Waals surface area contributed by atoms with E-state index in [0.29, 0.717) is 74.6 Å². The van der Waals surface area contributed by atoms with Crippen LogP contribution in [0.2, 0.25) is 0 Å². The van der Waals surface area contributed by atoms with Crippen LogP contribution in [0.3, 0.4) is 0 Å². The molecule has 4 aliphatic heterocycles. The van der Waals surface area contributed by atoms with Gasteiger partial charge in [-0.15, -0.1) is 0 Å². The number of fused-ring (bicyclic) bond motifs is 4. The average molecular weight is 1180 g/mol. The Morgan fingerprint density at radius 1 is 0.294 bits per heavy atom. The minimum Gasteiger partial charge on any atom is -0.473 e. The number of benzene rings is 8. The summed E-state index contributed by atoms with van der Waals surface area (Å²) in [6, 6.07) is 37.7. The number of hydrogen-bond donors (Lipinski definition) is 0. The fourth-order valence-corrected chi connectivity index (χ4v) is 9.88. The highest BCUT2D eigenvalue weighted by Gasteiger charge is 2.28. The SMILES string of the molecule is CC(C)(C)c1ccc2c(c1)CN(c1c(F)cc(F)cc1F)CO2.CC(C)(C)c1ccc2c(c1)CN(c1ccc(F)c(F)c1)CO2.CC(C)(C)c1ccc2c(c1)CN(c1ccc(F)cc1F)CO2.Fc1ccc(N2COc3ccc(F)cc3C2)cc1. The van der Waals surface area contributed by atoms with Crippen LogP contribution in [0.5, 0.6) is 23.0 Å². The van der Waals surface area contributed by atoms with Crippen LogP contribution < -0.4 is 38.5 Å². The van der Waals surface area contributed by atoms with Gasteiger partial charge < -0.3 is 38.5 Å². The Morgan fingerprint density at radius 2 is 0.659 bits per heavy atom. The first-order chi connectivity index (χ1) is 40.2. The summed E-state index contributed by atoms with van der Waals surface area (Å²) in [6.07, 6.45) is 0. The number of anilines is 4. The van der Waals surface area contributed by atoms with Gasteiger partial charge in [-0.1, -0.05) is 80.5 Å². The van der Waals surface area contributed by atoms with Crippen LogP contribution in [-0.2, 0) is 42.4 Å². The molecule has 0 bridgehead atoms. The molecule has 0 N–H and O–H groups in total. The first-order valence-electron chi connectivity index (χ1n) is 27.7. The minimum absolute atomic E-state index is 0.0152. The lowest BCUT2D eigenvalue weighted by molar-refractivity contribution is 0.285. The largest absolute Gasteiger partial charge is 0.473 e. The fourth-order valence-electron chi connectivity index (χ4n) is 9.88. The normalized spacial score (nSPS) is 14.4. The molecule has 0 atom stereocenters. The zero-order valence-corrected chi connectivity index (χ0v) is 48.8. The highest BCUT2D eigenvalue weighted by atomic mass is 19.2. The highest BCUT2D eigenvalue weighted by molar-refractivity contribution is 5.56. The van der Waals surface area contributed by atoms with Crippen molar-refractivity contribution >= 4 is 22.7 Å². The molecule has 0 spiro atoms. The maximum Gasteiger partial charge on any atom is 0.161 e. The Hall–Kier alpha value is -8.47. The van der Waals surface area contributed by atoms with E-state index in [1.165, 1.54) is 58.5 Å². The van der Waals surface area contributed by atoms with Gasteiger partial charge in [-0.2, -0.15) is 0 Å².